The first-order valence-corrected chi connectivity index (χ1v) is 12.8. The third-order valence-corrected chi connectivity index (χ3v) is 7.29. The number of hydrogen-bond donors (Lipinski definition) is 2. The van der Waals surface area contributed by atoms with Crippen molar-refractivity contribution >= 4 is 57.6 Å². The second-order valence-corrected chi connectivity index (χ2v) is 10.3. The smallest absolute Gasteiger partial charge is 0.313 e. The number of ketones is 1. The molecule has 34 heavy (non-hydrogen) atoms. The topological polar surface area (TPSA) is 95.6 Å². The summed E-state index contributed by atoms with van der Waals surface area (Å²) in [6.45, 7) is 4.51. The summed E-state index contributed by atoms with van der Waals surface area (Å²) in [5, 5.41) is 8.86. The number of amides is 3. The first-order valence-electron chi connectivity index (χ1n) is 11.0. The van der Waals surface area contributed by atoms with Gasteiger partial charge in [-0.15, -0.1) is 11.3 Å². The third kappa shape index (κ3) is 5.26. The van der Waals surface area contributed by atoms with Gasteiger partial charge in [-0.2, -0.15) is 11.3 Å². The van der Waals surface area contributed by atoms with E-state index in [2.05, 4.69) is 10.6 Å². The van der Waals surface area contributed by atoms with Crippen LogP contribution in [-0.4, -0.2) is 30.0 Å². The highest BCUT2D eigenvalue weighted by Crippen LogP contribution is 2.31. The van der Waals surface area contributed by atoms with E-state index in [1.54, 1.807) is 40.6 Å². The van der Waals surface area contributed by atoms with E-state index < -0.39 is 11.8 Å². The Kier molecular flexibility index (Phi) is 7.23. The van der Waals surface area contributed by atoms with Gasteiger partial charge in [-0.3, -0.25) is 19.2 Å². The lowest BCUT2D eigenvalue weighted by Crippen LogP contribution is -2.38. The Morgan fingerprint density at radius 2 is 1.88 bits per heavy atom. The van der Waals surface area contributed by atoms with Gasteiger partial charge in [0.25, 0.3) is 0 Å². The number of nitrogens with zero attached hydrogens (tertiary/aromatic N) is 1. The van der Waals surface area contributed by atoms with Crippen molar-refractivity contribution in [3.05, 3.63) is 68.0 Å². The second-order valence-electron chi connectivity index (χ2n) is 8.34. The lowest BCUT2D eigenvalue weighted by Gasteiger charge is -2.31. The Morgan fingerprint density at radius 1 is 1.06 bits per heavy atom. The number of nitrogens with one attached hydrogen (secondary N) is 2. The molecule has 176 valence electrons. The molecule has 2 aromatic heterocycles. The van der Waals surface area contributed by atoms with E-state index >= 15 is 0 Å². The van der Waals surface area contributed by atoms with Gasteiger partial charge in [0.2, 0.25) is 11.7 Å². The highest BCUT2D eigenvalue weighted by molar-refractivity contribution is 7.14. The van der Waals surface area contributed by atoms with Crippen LogP contribution in [0.15, 0.2) is 47.2 Å². The largest absolute Gasteiger partial charge is 0.343 e. The van der Waals surface area contributed by atoms with Crippen LogP contribution in [0.1, 0.15) is 45.9 Å². The maximum atomic E-state index is 12.6. The van der Waals surface area contributed by atoms with Gasteiger partial charge in [-0.05, 0) is 54.1 Å². The number of benzene rings is 1. The van der Waals surface area contributed by atoms with Crippen molar-refractivity contribution in [2.45, 2.75) is 33.2 Å². The summed E-state index contributed by atoms with van der Waals surface area (Å²) in [6, 6.07) is 10.7. The van der Waals surface area contributed by atoms with E-state index in [1.807, 2.05) is 25.3 Å². The van der Waals surface area contributed by atoms with Gasteiger partial charge in [0, 0.05) is 39.7 Å². The van der Waals surface area contributed by atoms with Gasteiger partial charge in [0.15, 0.2) is 0 Å². The van der Waals surface area contributed by atoms with E-state index in [9.17, 15) is 19.2 Å². The van der Waals surface area contributed by atoms with Crippen LogP contribution in [0.5, 0.6) is 0 Å². The minimum Gasteiger partial charge on any atom is -0.343 e. The number of rotatable bonds is 6. The highest BCUT2D eigenvalue weighted by atomic mass is 32.1. The average Bonchev–Trinajstić information content (AvgIpc) is 3.53. The summed E-state index contributed by atoms with van der Waals surface area (Å²) in [6.07, 6.45) is 1.76. The molecule has 7 nitrogen and oxygen atoms in total. The molecule has 9 heteroatoms. The van der Waals surface area contributed by atoms with Crippen molar-refractivity contribution in [1.82, 2.24) is 5.32 Å². The Labute approximate surface area is 205 Å². The fourth-order valence-electron chi connectivity index (χ4n) is 3.76. The fraction of sp³-hybridized carbons (Fsp3) is 0.280. The van der Waals surface area contributed by atoms with Crippen LogP contribution in [-0.2, 0) is 27.3 Å². The number of carbonyl (C=O) groups excluding carboxylic acids is 4. The van der Waals surface area contributed by atoms with Crippen LogP contribution in [0.4, 0.5) is 11.4 Å². The zero-order valence-electron chi connectivity index (χ0n) is 18.9. The number of hydrogen-bond acceptors (Lipinski definition) is 6. The molecule has 3 amide bonds. The number of aryl methyl sites for hydroxylation is 1. The molecule has 0 aliphatic carbocycles. The van der Waals surface area contributed by atoms with E-state index in [1.165, 1.54) is 22.7 Å². The molecule has 0 spiro atoms. The molecule has 0 radical (unpaired) electrons. The fourth-order valence-corrected chi connectivity index (χ4v) is 5.30. The lowest BCUT2D eigenvalue weighted by molar-refractivity contribution is -0.136. The van der Waals surface area contributed by atoms with Gasteiger partial charge < -0.3 is 15.5 Å². The third-order valence-electron chi connectivity index (χ3n) is 5.52. The molecule has 3 aromatic rings. The molecule has 3 heterocycles. The second kappa shape index (κ2) is 10.3. The number of fused-ring (bicyclic) bond motifs is 1. The molecule has 2 N–H and O–H groups in total. The molecular formula is C25H25N3O4S2. The molecule has 0 bridgehead atoms. The summed E-state index contributed by atoms with van der Waals surface area (Å²) in [7, 11) is 0. The summed E-state index contributed by atoms with van der Waals surface area (Å²) in [5.41, 5.74) is 2.93. The van der Waals surface area contributed by atoms with Crippen LogP contribution < -0.4 is 15.5 Å². The van der Waals surface area contributed by atoms with Crippen molar-refractivity contribution in [1.29, 1.82) is 0 Å². The minimum absolute atomic E-state index is 0.0370. The summed E-state index contributed by atoms with van der Waals surface area (Å²) < 4.78 is 0. The maximum absolute atomic E-state index is 12.6. The van der Waals surface area contributed by atoms with Crippen LogP contribution in [0.3, 0.4) is 0 Å². The van der Waals surface area contributed by atoms with Gasteiger partial charge in [0.05, 0.1) is 11.4 Å². The summed E-state index contributed by atoms with van der Waals surface area (Å²) >= 11 is 2.75. The number of anilines is 2. The average molecular weight is 496 g/mol. The van der Waals surface area contributed by atoms with Crippen LogP contribution in [0.25, 0.3) is 0 Å². The van der Waals surface area contributed by atoms with Crippen molar-refractivity contribution in [2.75, 3.05) is 16.8 Å². The van der Waals surface area contributed by atoms with E-state index in [0.29, 0.717) is 22.7 Å². The molecule has 0 fully saturated rings. The van der Waals surface area contributed by atoms with E-state index in [4.69, 9.17) is 0 Å². The van der Waals surface area contributed by atoms with Gasteiger partial charge >= 0.3 is 11.8 Å². The van der Waals surface area contributed by atoms with Crippen LogP contribution in [0.2, 0.25) is 0 Å². The molecule has 0 saturated heterocycles. The van der Waals surface area contributed by atoms with Crippen molar-refractivity contribution in [3.8, 4) is 0 Å². The SMILES string of the molecule is CC(C)C(=O)N1CCCc2ccc(NC(=O)C(=O)NCc3ccc(C(=O)c4ccsc4)s3)cc21. The Balaban J connectivity index is 1.36. The molecule has 0 unspecified atom stereocenters. The normalized spacial score (nSPS) is 12.9. The summed E-state index contributed by atoms with van der Waals surface area (Å²) in [4.78, 5) is 52.9. The Bertz CT molecular complexity index is 1230. The molecule has 0 atom stereocenters. The predicted octanol–water partition coefficient (Wildman–Crippen LogP) is 4.23. The molecule has 0 saturated carbocycles. The van der Waals surface area contributed by atoms with Gasteiger partial charge in [0.1, 0.15) is 0 Å². The van der Waals surface area contributed by atoms with Crippen molar-refractivity contribution in [2.24, 2.45) is 5.92 Å². The zero-order valence-corrected chi connectivity index (χ0v) is 20.6. The van der Waals surface area contributed by atoms with Crippen molar-refractivity contribution in [3.63, 3.8) is 0 Å². The van der Waals surface area contributed by atoms with Gasteiger partial charge in [-0.1, -0.05) is 19.9 Å². The first kappa shape index (κ1) is 23.8. The standard InChI is InChI=1S/C25H25N3O4S2/c1-15(2)25(32)28-10-3-4-16-5-6-18(12-20(16)28)27-24(31)23(30)26-13-19-7-8-21(34-19)22(29)17-9-11-33-14-17/h5-9,11-12,14-15H,3-4,10,13H2,1-2H3,(H,26,30)(H,27,31). The Hall–Kier alpha value is -3.30. The summed E-state index contributed by atoms with van der Waals surface area (Å²) in [5.74, 6) is -1.71. The Morgan fingerprint density at radius 3 is 2.62 bits per heavy atom. The first-order chi connectivity index (χ1) is 16.3. The highest BCUT2D eigenvalue weighted by Gasteiger charge is 2.25. The van der Waals surface area contributed by atoms with E-state index in [-0.39, 0.29) is 24.2 Å². The molecular weight excluding hydrogens is 470 g/mol. The lowest BCUT2D eigenvalue weighted by atomic mass is 9.99. The predicted molar refractivity (Wildman–Crippen MR) is 135 cm³/mol. The molecule has 4 rings (SSSR count). The van der Waals surface area contributed by atoms with Gasteiger partial charge in [-0.25, -0.2) is 0 Å². The van der Waals surface area contributed by atoms with E-state index in [0.717, 1.165) is 29.0 Å². The number of carbonyl (C=O) groups is 4. The van der Waals surface area contributed by atoms with Crippen LogP contribution in [0, 0.1) is 5.92 Å². The zero-order chi connectivity index (χ0) is 24.2. The molecule has 1 aromatic carbocycles. The molecule has 1 aliphatic heterocycles. The monoisotopic (exact) mass is 495 g/mol. The maximum Gasteiger partial charge on any atom is 0.313 e. The quantitative estimate of drug-likeness (QED) is 0.395. The van der Waals surface area contributed by atoms with Crippen LogP contribution >= 0.6 is 22.7 Å². The number of thiophene rings is 2. The van der Waals surface area contributed by atoms with Crippen molar-refractivity contribution < 1.29 is 19.2 Å². The minimum atomic E-state index is -0.788. The molecule has 1 aliphatic rings.